The lowest BCUT2D eigenvalue weighted by molar-refractivity contribution is -0.386. The smallest absolute Gasteiger partial charge is 0.327 e. The van der Waals surface area contributed by atoms with Crippen LogP contribution in [0.2, 0.25) is 0 Å². The highest BCUT2D eigenvalue weighted by Crippen LogP contribution is 2.29. The molecule has 1 aromatic heterocycles. The summed E-state index contributed by atoms with van der Waals surface area (Å²) in [5.41, 5.74) is -0.258. The molecule has 6 nitrogen and oxygen atoms in total. The van der Waals surface area contributed by atoms with E-state index in [2.05, 4.69) is 10.4 Å². The maximum absolute atomic E-state index is 13.4. The van der Waals surface area contributed by atoms with Gasteiger partial charge in [0, 0.05) is 25.4 Å². The summed E-state index contributed by atoms with van der Waals surface area (Å²) in [6, 6.07) is 3.06. The van der Waals surface area contributed by atoms with E-state index in [-0.39, 0.29) is 12.2 Å². The minimum absolute atomic E-state index is 0.167. The summed E-state index contributed by atoms with van der Waals surface area (Å²) in [5.74, 6) is -2.09. The highest BCUT2D eigenvalue weighted by molar-refractivity contribution is 5.62. The van der Waals surface area contributed by atoms with Crippen LogP contribution in [-0.4, -0.2) is 14.7 Å². The van der Waals surface area contributed by atoms with Crippen molar-refractivity contribution < 1.29 is 13.7 Å². The van der Waals surface area contributed by atoms with E-state index in [1.54, 1.807) is 24.0 Å². The monoisotopic (exact) mass is 268 g/mol. The van der Waals surface area contributed by atoms with Gasteiger partial charge < -0.3 is 5.32 Å². The molecule has 1 aromatic carbocycles. The summed E-state index contributed by atoms with van der Waals surface area (Å²) in [5, 5.41) is 17.3. The molecule has 0 unspecified atom stereocenters. The summed E-state index contributed by atoms with van der Waals surface area (Å²) >= 11 is 0. The number of benzene rings is 1. The van der Waals surface area contributed by atoms with Crippen molar-refractivity contribution in [2.75, 3.05) is 5.32 Å². The van der Waals surface area contributed by atoms with Gasteiger partial charge in [-0.15, -0.1) is 0 Å². The number of nitro groups is 1. The van der Waals surface area contributed by atoms with E-state index in [0.29, 0.717) is 6.07 Å². The van der Waals surface area contributed by atoms with E-state index in [1.807, 2.05) is 0 Å². The van der Waals surface area contributed by atoms with Gasteiger partial charge in [0.05, 0.1) is 17.2 Å². The Labute approximate surface area is 106 Å². The van der Waals surface area contributed by atoms with Gasteiger partial charge in [-0.05, 0) is 6.07 Å². The van der Waals surface area contributed by atoms with Crippen LogP contribution < -0.4 is 5.32 Å². The molecule has 0 bridgehead atoms. The molecule has 19 heavy (non-hydrogen) atoms. The highest BCUT2D eigenvalue weighted by atomic mass is 19.1. The number of aromatic nitrogens is 2. The lowest BCUT2D eigenvalue weighted by Crippen LogP contribution is -2.08. The molecule has 0 amide bonds. The number of rotatable bonds is 4. The fourth-order valence-electron chi connectivity index (χ4n) is 1.65. The standard InChI is InChI=1S/C11H10F2N4O2/c1-16-8(2-3-15-16)6-14-10-5-7(12)4-9(13)11(10)17(18)19/h2-5,14H,6H2,1H3. The van der Waals surface area contributed by atoms with E-state index in [1.165, 1.54) is 0 Å². The summed E-state index contributed by atoms with van der Waals surface area (Å²) in [6.45, 7) is 0.167. The number of hydrogen-bond acceptors (Lipinski definition) is 4. The van der Waals surface area contributed by atoms with Gasteiger partial charge >= 0.3 is 5.69 Å². The second-order valence-corrected chi connectivity index (χ2v) is 3.84. The molecule has 0 atom stereocenters. The first-order valence-corrected chi connectivity index (χ1v) is 5.33. The Bertz CT molecular complexity index is 627. The molecule has 1 N–H and O–H groups in total. The van der Waals surface area contributed by atoms with Crippen molar-refractivity contribution in [3.05, 3.63) is 51.8 Å². The van der Waals surface area contributed by atoms with Crippen LogP contribution >= 0.6 is 0 Å². The maximum Gasteiger partial charge on any atom is 0.327 e. The van der Waals surface area contributed by atoms with Crippen LogP contribution in [0.5, 0.6) is 0 Å². The number of nitrogens with one attached hydrogen (secondary N) is 1. The minimum atomic E-state index is -1.21. The van der Waals surface area contributed by atoms with Crippen molar-refractivity contribution in [1.29, 1.82) is 0 Å². The summed E-state index contributed by atoms with van der Waals surface area (Å²) in [4.78, 5) is 9.88. The van der Waals surface area contributed by atoms with Gasteiger partial charge in [0.1, 0.15) is 11.5 Å². The van der Waals surface area contributed by atoms with E-state index >= 15 is 0 Å². The van der Waals surface area contributed by atoms with Crippen LogP contribution in [0.1, 0.15) is 5.69 Å². The largest absolute Gasteiger partial charge is 0.374 e. The number of nitro benzene ring substituents is 1. The number of halogens is 2. The van der Waals surface area contributed by atoms with Crippen LogP contribution in [-0.2, 0) is 13.6 Å². The number of aryl methyl sites for hydroxylation is 1. The van der Waals surface area contributed by atoms with Gasteiger partial charge in [0.2, 0.25) is 5.82 Å². The van der Waals surface area contributed by atoms with E-state index < -0.39 is 22.2 Å². The Balaban J connectivity index is 2.29. The molecule has 0 saturated heterocycles. The minimum Gasteiger partial charge on any atom is -0.374 e. The molecule has 0 aliphatic rings. The number of nitrogens with zero attached hydrogens (tertiary/aromatic N) is 3. The molecule has 2 aromatic rings. The van der Waals surface area contributed by atoms with Gasteiger partial charge in [-0.2, -0.15) is 9.49 Å². The van der Waals surface area contributed by atoms with Gasteiger partial charge in [-0.1, -0.05) is 0 Å². The molecule has 0 aliphatic carbocycles. The van der Waals surface area contributed by atoms with E-state index in [0.717, 1.165) is 11.8 Å². The third kappa shape index (κ3) is 2.67. The first-order chi connectivity index (χ1) is 8.99. The summed E-state index contributed by atoms with van der Waals surface area (Å²) in [7, 11) is 1.69. The molecule has 0 aliphatic heterocycles. The number of anilines is 1. The predicted molar refractivity (Wildman–Crippen MR) is 63.5 cm³/mol. The molecule has 8 heteroatoms. The van der Waals surface area contributed by atoms with Crippen LogP contribution in [0.15, 0.2) is 24.4 Å². The first kappa shape index (κ1) is 12.9. The molecule has 0 radical (unpaired) electrons. The van der Waals surface area contributed by atoms with Crippen molar-refractivity contribution >= 4 is 11.4 Å². The maximum atomic E-state index is 13.4. The van der Waals surface area contributed by atoms with E-state index in [4.69, 9.17) is 0 Å². The van der Waals surface area contributed by atoms with Gasteiger partial charge in [-0.25, -0.2) is 4.39 Å². The fourth-order valence-corrected chi connectivity index (χ4v) is 1.65. The zero-order valence-electron chi connectivity index (χ0n) is 9.93. The second kappa shape index (κ2) is 5.01. The highest BCUT2D eigenvalue weighted by Gasteiger charge is 2.21. The Kier molecular flexibility index (Phi) is 3.41. The lowest BCUT2D eigenvalue weighted by Gasteiger charge is -2.08. The molecule has 0 spiro atoms. The Morgan fingerprint density at radius 3 is 2.79 bits per heavy atom. The zero-order chi connectivity index (χ0) is 14.0. The lowest BCUT2D eigenvalue weighted by atomic mass is 10.2. The van der Waals surface area contributed by atoms with Crippen LogP contribution in [0.4, 0.5) is 20.2 Å². The molecule has 1 heterocycles. The third-order valence-corrected chi connectivity index (χ3v) is 2.59. The fraction of sp³-hybridized carbons (Fsp3) is 0.182. The molecule has 0 fully saturated rings. The molecule has 0 saturated carbocycles. The van der Waals surface area contributed by atoms with Gasteiger partial charge in [-0.3, -0.25) is 14.8 Å². The normalized spacial score (nSPS) is 10.5. The van der Waals surface area contributed by atoms with Crippen molar-refractivity contribution in [3.63, 3.8) is 0 Å². The van der Waals surface area contributed by atoms with Gasteiger partial charge in [0.15, 0.2) is 0 Å². The van der Waals surface area contributed by atoms with Crippen LogP contribution in [0.3, 0.4) is 0 Å². The second-order valence-electron chi connectivity index (χ2n) is 3.84. The molecule has 2 rings (SSSR count). The average molecular weight is 268 g/mol. The Morgan fingerprint density at radius 2 is 2.21 bits per heavy atom. The number of hydrogen-bond donors (Lipinski definition) is 1. The first-order valence-electron chi connectivity index (χ1n) is 5.33. The summed E-state index contributed by atoms with van der Waals surface area (Å²) < 4.78 is 28.0. The van der Waals surface area contributed by atoms with Crippen LogP contribution in [0, 0.1) is 21.7 Å². The Hall–Kier alpha value is -2.51. The average Bonchev–Trinajstić information content (AvgIpc) is 2.70. The van der Waals surface area contributed by atoms with Crippen molar-refractivity contribution in [1.82, 2.24) is 9.78 Å². The SMILES string of the molecule is Cn1nccc1CNc1cc(F)cc(F)c1[N+](=O)[O-]. The Morgan fingerprint density at radius 1 is 1.47 bits per heavy atom. The van der Waals surface area contributed by atoms with Crippen molar-refractivity contribution in [3.8, 4) is 0 Å². The molecular formula is C11H10F2N4O2. The molecule has 100 valence electrons. The molecular weight excluding hydrogens is 258 g/mol. The van der Waals surface area contributed by atoms with Crippen molar-refractivity contribution in [2.24, 2.45) is 7.05 Å². The van der Waals surface area contributed by atoms with Crippen molar-refractivity contribution in [2.45, 2.75) is 6.54 Å². The predicted octanol–water partition coefficient (Wildman–Crippen LogP) is 2.22. The summed E-state index contributed by atoms with van der Waals surface area (Å²) in [6.07, 6.45) is 1.55. The van der Waals surface area contributed by atoms with Crippen LogP contribution in [0.25, 0.3) is 0 Å². The quantitative estimate of drug-likeness (QED) is 0.681. The van der Waals surface area contributed by atoms with Gasteiger partial charge in [0.25, 0.3) is 0 Å². The third-order valence-electron chi connectivity index (χ3n) is 2.59. The van der Waals surface area contributed by atoms with E-state index in [9.17, 15) is 18.9 Å². The topological polar surface area (TPSA) is 73.0 Å². The zero-order valence-corrected chi connectivity index (χ0v) is 9.93.